The van der Waals surface area contributed by atoms with Crippen molar-refractivity contribution in [2.75, 3.05) is 21.3 Å². The number of hydrogen-bond donors (Lipinski definition) is 0. The van der Waals surface area contributed by atoms with Crippen LogP contribution in [0.3, 0.4) is 0 Å². The molecule has 0 spiro atoms. The van der Waals surface area contributed by atoms with E-state index in [1.54, 1.807) is 19.2 Å². The highest BCUT2D eigenvalue weighted by molar-refractivity contribution is 9.10. The van der Waals surface area contributed by atoms with Gasteiger partial charge in [0, 0.05) is 29.8 Å². The van der Waals surface area contributed by atoms with Gasteiger partial charge in [-0.05, 0) is 58.7 Å². The van der Waals surface area contributed by atoms with Crippen molar-refractivity contribution in [2.24, 2.45) is 0 Å². The van der Waals surface area contributed by atoms with Gasteiger partial charge in [0.15, 0.2) is 23.0 Å². The number of ether oxygens (including phenoxy) is 5. The van der Waals surface area contributed by atoms with E-state index >= 15 is 0 Å². The summed E-state index contributed by atoms with van der Waals surface area (Å²) in [6.07, 6.45) is 4.01. The van der Waals surface area contributed by atoms with Crippen molar-refractivity contribution in [3.05, 3.63) is 177 Å². The highest BCUT2D eigenvalue weighted by Gasteiger charge is 2.47. The summed E-state index contributed by atoms with van der Waals surface area (Å²) in [4.78, 5) is 0. The molecule has 0 atom stereocenters. The molecule has 10 heteroatoms. The van der Waals surface area contributed by atoms with E-state index < -0.39 is 13.4 Å². The van der Waals surface area contributed by atoms with Crippen molar-refractivity contribution in [1.29, 1.82) is 0 Å². The minimum absolute atomic E-state index is 0.000875. The fourth-order valence-corrected chi connectivity index (χ4v) is 7.58. The molecule has 0 aromatic heterocycles. The number of hydrogen-bond acceptors (Lipinski definition) is 8. The molecular weight excluding hydrogens is 767 g/mol. The minimum atomic E-state index is -3.42. The van der Waals surface area contributed by atoms with E-state index in [0.717, 1.165) is 32.3 Å². The molecule has 0 unspecified atom stereocenters. The molecule has 1 heterocycles. The number of halogens is 1. The van der Waals surface area contributed by atoms with Crippen molar-refractivity contribution < 1.29 is 37.3 Å². The molecule has 7 rings (SSSR count). The Kier molecular flexibility index (Phi) is 11.2. The fraction of sp³-hybridized carbons (Fsp3) is 0.136. The summed E-state index contributed by atoms with van der Waals surface area (Å²) in [6, 6.07) is 44.6. The zero-order valence-corrected chi connectivity index (χ0v) is 32.4. The predicted molar refractivity (Wildman–Crippen MR) is 214 cm³/mol. The topological polar surface area (TPSA) is 81.7 Å². The summed E-state index contributed by atoms with van der Waals surface area (Å²) in [5.41, 5.74) is 5.18. The Balaban J connectivity index is 1.15. The third-order valence-electron chi connectivity index (χ3n) is 8.90. The van der Waals surface area contributed by atoms with Crippen LogP contribution in [-0.2, 0) is 32.2 Å². The van der Waals surface area contributed by atoms with Gasteiger partial charge in [-0.3, -0.25) is 4.57 Å². The van der Waals surface area contributed by atoms with Crippen molar-refractivity contribution in [3.8, 4) is 34.5 Å². The normalized spacial score (nSPS) is 13.2. The van der Waals surface area contributed by atoms with Gasteiger partial charge in [-0.2, -0.15) is 0 Å². The van der Waals surface area contributed by atoms with Gasteiger partial charge in [-0.15, -0.1) is 0 Å². The van der Waals surface area contributed by atoms with Crippen LogP contribution < -0.4 is 23.7 Å². The van der Waals surface area contributed by atoms with Gasteiger partial charge >= 0.3 is 13.4 Å². The highest BCUT2D eigenvalue weighted by atomic mass is 79.9. The Bertz CT molecular complexity index is 2230. The van der Waals surface area contributed by atoms with Crippen LogP contribution in [0.1, 0.15) is 33.4 Å². The van der Waals surface area contributed by atoms with E-state index in [2.05, 4.69) is 15.9 Å². The summed E-state index contributed by atoms with van der Waals surface area (Å²) in [7, 11) is 0.939. The maximum Gasteiger partial charge on any atom is 0.334 e. The summed E-state index contributed by atoms with van der Waals surface area (Å²) in [5, 5.41) is 0. The van der Waals surface area contributed by atoms with Crippen molar-refractivity contribution in [1.82, 2.24) is 0 Å². The second-order valence-electron chi connectivity index (χ2n) is 12.4. The van der Waals surface area contributed by atoms with E-state index in [1.807, 2.05) is 140 Å². The van der Waals surface area contributed by atoms with Crippen molar-refractivity contribution in [3.63, 3.8) is 0 Å². The summed E-state index contributed by atoms with van der Waals surface area (Å²) < 4.78 is 56.4. The number of methoxy groups -OCH3 is 1. The van der Waals surface area contributed by atoms with Crippen molar-refractivity contribution in [2.45, 2.75) is 18.6 Å². The third-order valence-corrected chi connectivity index (χ3v) is 11.5. The minimum Gasteiger partial charge on any atom is -0.493 e. The van der Waals surface area contributed by atoms with Crippen LogP contribution in [0, 0.1) is 0 Å². The fourth-order valence-electron chi connectivity index (χ4n) is 6.08. The largest absolute Gasteiger partial charge is 0.493 e. The maximum absolute atomic E-state index is 13.2. The van der Waals surface area contributed by atoms with E-state index in [-0.39, 0.29) is 6.16 Å². The Morgan fingerprint density at radius 2 is 1.30 bits per heavy atom. The predicted octanol–water partition coefficient (Wildman–Crippen LogP) is 11.7. The van der Waals surface area contributed by atoms with Crippen LogP contribution in [0.15, 0.2) is 144 Å². The van der Waals surface area contributed by atoms with Gasteiger partial charge in [0.25, 0.3) is 0 Å². The Hall–Kier alpha value is -5.31. The molecule has 8 nitrogen and oxygen atoms in total. The second-order valence-corrected chi connectivity index (χ2v) is 15.5. The number of benzene rings is 6. The van der Waals surface area contributed by atoms with E-state index in [4.69, 9.17) is 32.7 Å². The standard InChI is InChI=1S/C44H38BrO8P/c1-47-39-27-34(38(45)28-40(39)50-29-32-13-7-4-8-14-32)22-19-31-20-23-37(24-21-31)51-41-25-33(30-54(46,48-2)49-3)26-42-43(41)53-44(52-42,35-15-9-5-10-16-35)36-17-11-6-12-18-36/h4-28H,29-30H2,1-3H3/b22-19+. The quantitative estimate of drug-likeness (QED) is 0.0795. The number of rotatable bonds is 14. The van der Waals surface area contributed by atoms with Gasteiger partial charge in [-0.1, -0.05) is 131 Å². The lowest BCUT2D eigenvalue weighted by atomic mass is 9.97. The molecule has 54 heavy (non-hydrogen) atoms. The van der Waals surface area contributed by atoms with Gasteiger partial charge in [0.1, 0.15) is 12.4 Å². The molecule has 0 saturated heterocycles. The monoisotopic (exact) mass is 804 g/mol. The molecule has 0 radical (unpaired) electrons. The Morgan fingerprint density at radius 1 is 0.667 bits per heavy atom. The molecule has 6 aromatic carbocycles. The van der Waals surface area contributed by atoms with Gasteiger partial charge < -0.3 is 32.7 Å². The summed E-state index contributed by atoms with van der Waals surface area (Å²) in [5.74, 6) is 1.80. The molecule has 0 fully saturated rings. The molecule has 1 aliphatic rings. The lowest BCUT2D eigenvalue weighted by Crippen LogP contribution is -2.36. The molecule has 274 valence electrons. The molecule has 6 aromatic rings. The Labute approximate surface area is 323 Å². The lowest BCUT2D eigenvalue weighted by Gasteiger charge is -2.28. The first-order valence-electron chi connectivity index (χ1n) is 17.2. The zero-order chi connectivity index (χ0) is 37.5. The average Bonchev–Trinajstić information content (AvgIpc) is 3.62. The third kappa shape index (κ3) is 8.10. The number of fused-ring (bicyclic) bond motifs is 1. The summed E-state index contributed by atoms with van der Waals surface area (Å²) >= 11 is 3.69. The molecule has 0 aliphatic carbocycles. The smallest absolute Gasteiger partial charge is 0.334 e. The molecule has 1 aliphatic heterocycles. The van der Waals surface area contributed by atoms with Crippen LogP contribution in [0.4, 0.5) is 0 Å². The van der Waals surface area contributed by atoms with Crippen LogP contribution >= 0.6 is 23.5 Å². The Morgan fingerprint density at radius 3 is 1.91 bits per heavy atom. The first-order valence-corrected chi connectivity index (χ1v) is 19.7. The average molecular weight is 806 g/mol. The highest BCUT2D eigenvalue weighted by Crippen LogP contribution is 2.56. The lowest BCUT2D eigenvalue weighted by molar-refractivity contribution is -0.0465. The zero-order valence-electron chi connectivity index (χ0n) is 29.9. The van der Waals surface area contributed by atoms with Crippen LogP contribution in [0.2, 0.25) is 0 Å². The maximum atomic E-state index is 13.2. The first kappa shape index (κ1) is 37.0. The second kappa shape index (κ2) is 16.4. The first-order chi connectivity index (χ1) is 26.3. The molecular formula is C44H38BrO8P. The molecule has 0 amide bonds. The van der Waals surface area contributed by atoms with Crippen LogP contribution in [0.25, 0.3) is 12.2 Å². The van der Waals surface area contributed by atoms with Gasteiger partial charge in [0.05, 0.1) is 13.3 Å². The molecule has 0 bridgehead atoms. The van der Waals surface area contributed by atoms with Gasteiger partial charge in [0.2, 0.25) is 5.75 Å². The SMILES string of the molecule is COc1cc(/C=C/c2ccc(Oc3cc(CP(=O)(OC)OC)cc4c3OC(c3ccccc3)(c3ccccc3)O4)cc2)c(Br)cc1OCc1ccccc1. The van der Waals surface area contributed by atoms with Crippen molar-refractivity contribution >= 4 is 35.7 Å². The van der Waals surface area contributed by atoms with Gasteiger partial charge in [-0.25, -0.2) is 0 Å². The van der Waals surface area contributed by atoms with E-state index in [1.165, 1.54) is 14.2 Å². The summed E-state index contributed by atoms with van der Waals surface area (Å²) in [6.45, 7) is 0.432. The van der Waals surface area contributed by atoms with E-state index in [9.17, 15) is 4.57 Å². The van der Waals surface area contributed by atoms with Crippen LogP contribution in [-0.4, -0.2) is 21.3 Å². The molecule has 0 saturated carbocycles. The van der Waals surface area contributed by atoms with E-state index in [0.29, 0.717) is 46.7 Å². The van der Waals surface area contributed by atoms with Crippen LogP contribution in [0.5, 0.6) is 34.5 Å². The molecule has 0 N–H and O–H groups in total.